The zero-order valence-corrected chi connectivity index (χ0v) is 16.4. The fraction of sp³-hybridized carbons (Fsp3) is 0.105. The number of hydrogen-bond donors (Lipinski definition) is 2. The molecule has 0 unspecified atom stereocenters. The van der Waals surface area contributed by atoms with E-state index < -0.39 is 17.7 Å². The topological polar surface area (TPSA) is 134 Å². The van der Waals surface area contributed by atoms with E-state index in [0.29, 0.717) is 16.1 Å². The second kappa shape index (κ2) is 7.79. The Morgan fingerprint density at radius 1 is 1.03 bits per heavy atom. The number of carbonyl (C=O) groups is 4. The third-order valence-corrected chi connectivity index (χ3v) is 5.01. The van der Waals surface area contributed by atoms with Gasteiger partial charge in [-0.15, -0.1) is 10.2 Å². The molecule has 3 heterocycles. The van der Waals surface area contributed by atoms with E-state index in [1.807, 2.05) is 0 Å². The fourth-order valence-electron chi connectivity index (χ4n) is 2.88. The van der Waals surface area contributed by atoms with E-state index in [2.05, 4.69) is 25.8 Å². The molecule has 0 fully saturated rings. The Bertz CT molecular complexity index is 1160. The van der Waals surface area contributed by atoms with Crippen LogP contribution in [0.25, 0.3) is 0 Å². The van der Waals surface area contributed by atoms with Gasteiger partial charge in [0.05, 0.1) is 17.7 Å². The Morgan fingerprint density at radius 2 is 1.73 bits per heavy atom. The van der Waals surface area contributed by atoms with Crippen LogP contribution in [0.15, 0.2) is 42.6 Å². The van der Waals surface area contributed by atoms with Gasteiger partial charge >= 0.3 is 0 Å². The van der Waals surface area contributed by atoms with Gasteiger partial charge in [-0.3, -0.25) is 29.4 Å². The summed E-state index contributed by atoms with van der Waals surface area (Å²) in [6.07, 6.45) is 1.40. The van der Waals surface area contributed by atoms with Crippen molar-refractivity contribution in [2.24, 2.45) is 0 Å². The van der Waals surface area contributed by atoms with Crippen molar-refractivity contribution in [3.8, 4) is 0 Å². The van der Waals surface area contributed by atoms with E-state index in [9.17, 15) is 19.2 Å². The lowest BCUT2D eigenvalue weighted by molar-refractivity contribution is -0.114. The highest BCUT2D eigenvalue weighted by Crippen LogP contribution is 2.26. The van der Waals surface area contributed by atoms with Gasteiger partial charge < -0.3 is 5.32 Å². The second-order valence-corrected chi connectivity index (χ2v) is 7.37. The van der Waals surface area contributed by atoms with E-state index >= 15 is 0 Å². The quantitative estimate of drug-likeness (QED) is 0.600. The maximum absolute atomic E-state index is 12.4. The number of amides is 4. The van der Waals surface area contributed by atoms with Crippen molar-refractivity contribution in [2.75, 3.05) is 10.6 Å². The molecule has 3 aromatic rings. The summed E-state index contributed by atoms with van der Waals surface area (Å²) in [5.41, 5.74) is 0.979. The van der Waals surface area contributed by atoms with Gasteiger partial charge in [0.15, 0.2) is 0 Å². The van der Waals surface area contributed by atoms with Gasteiger partial charge in [-0.25, -0.2) is 4.98 Å². The van der Waals surface area contributed by atoms with E-state index in [0.717, 1.165) is 16.2 Å². The van der Waals surface area contributed by atoms with Crippen LogP contribution >= 0.6 is 11.3 Å². The van der Waals surface area contributed by atoms with Gasteiger partial charge in [-0.2, -0.15) is 0 Å². The van der Waals surface area contributed by atoms with E-state index in [4.69, 9.17) is 0 Å². The summed E-state index contributed by atoms with van der Waals surface area (Å²) >= 11 is 1.05. The van der Waals surface area contributed by atoms with Gasteiger partial charge in [0.25, 0.3) is 17.7 Å². The van der Waals surface area contributed by atoms with Crippen molar-refractivity contribution in [2.45, 2.75) is 13.5 Å². The number of aromatic nitrogens is 3. The summed E-state index contributed by atoms with van der Waals surface area (Å²) < 4.78 is 0. The molecule has 0 radical (unpaired) electrons. The highest BCUT2D eigenvalue weighted by Gasteiger charge is 2.35. The predicted octanol–water partition coefficient (Wildman–Crippen LogP) is 1.94. The predicted molar refractivity (Wildman–Crippen MR) is 107 cm³/mol. The van der Waals surface area contributed by atoms with Crippen LogP contribution in [-0.4, -0.2) is 43.7 Å². The van der Waals surface area contributed by atoms with Crippen LogP contribution in [-0.2, 0) is 11.3 Å². The third kappa shape index (κ3) is 3.78. The lowest BCUT2D eigenvalue weighted by Gasteiger charge is -2.10. The second-order valence-electron chi connectivity index (χ2n) is 6.31. The van der Waals surface area contributed by atoms with Crippen molar-refractivity contribution in [3.05, 3.63) is 64.3 Å². The molecule has 0 spiro atoms. The number of nitrogens with one attached hydrogen (secondary N) is 2. The maximum Gasteiger partial charge on any atom is 0.261 e. The first-order valence-electron chi connectivity index (χ1n) is 8.75. The molecular formula is C19H14N6O4S. The summed E-state index contributed by atoms with van der Waals surface area (Å²) in [7, 11) is 0. The monoisotopic (exact) mass is 422 g/mol. The number of hydrogen-bond acceptors (Lipinski definition) is 8. The zero-order chi connectivity index (χ0) is 21.3. The molecule has 0 aliphatic carbocycles. The molecule has 2 N–H and O–H groups in total. The Hall–Kier alpha value is -3.99. The van der Waals surface area contributed by atoms with Crippen LogP contribution in [0, 0.1) is 0 Å². The van der Waals surface area contributed by atoms with Crippen LogP contribution in [0.4, 0.5) is 10.9 Å². The first kappa shape index (κ1) is 19.3. The molecule has 1 aliphatic heterocycles. The zero-order valence-electron chi connectivity index (χ0n) is 15.6. The molecule has 0 saturated carbocycles. The first-order valence-corrected chi connectivity index (χ1v) is 9.56. The normalized spacial score (nSPS) is 12.6. The van der Waals surface area contributed by atoms with Crippen LogP contribution in [0.5, 0.6) is 0 Å². The minimum atomic E-state index is -0.465. The maximum atomic E-state index is 12.4. The number of fused-ring (bicyclic) bond motifs is 1. The SMILES string of the molecule is CC(=O)Nc1cc(C(=O)Nc2nnc(CN3C(=O)c4ccccc4C3=O)s2)ccn1. The van der Waals surface area contributed by atoms with Gasteiger partial charge in [-0.05, 0) is 24.3 Å². The molecule has 30 heavy (non-hydrogen) atoms. The smallest absolute Gasteiger partial charge is 0.261 e. The van der Waals surface area contributed by atoms with Crippen LogP contribution in [0.1, 0.15) is 43.0 Å². The first-order chi connectivity index (χ1) is 14.4. The molecule has 150 valence electrons. The van der Waals surface area contributed by atoms with Crippen molar-refractivity contribution in [1.82, 2.24) is 20.1 Å². The summed E-state index contributed by atoms with van der Waals surface area (Å²) in [5, 5.41) is 13.6. The number of rotatable bonds is 5. The summed E-state index contributed by atoms with van der Waals surface area (Å²) in [6.45, 7) is 1.30. The Morgan fingerprint density at radius 3 is 2.40 bits per heavy atom. The molecule has 10 nitrogen and oxygen atoms in total. The number of anilines is 2. The molecular weight excluding hydrogens is 408 g/mol. The molecule has 1 aromatic carbocycles. The number of carbonyl (C=O) groups excluding carboxylic acids is 4. The van der Waals surface area contributed by atoms with Crippen molar-refractivity contribution in [3.63, 3.8) is 0 Å². The average Bonchev–Trinajstić information content (AvgIpc) is 3.26. The molecule has 0 bridgehead atoms. The van der Waals surface area contributed by atoms with E-state index in [1.54, 1.807) is 24.3 Å². The Labute approximate surface area is 174 Å². The lowest BCUT2D eigenvalue weighted by atomic mass is 10.1. The number of pyridine rings is 1. The third-order valence-electron chi connectivity index (χ3n) is 4.19. The van der Waals surface area contributed by atoms with Gasteiger partial charge in [0, 0.05) is 18.7 Å². The molecule has 0 atom stereocenters. The van der Waals surface area contributed by atoms with E-state index in [-0.39, 0.29) is 29.0 Å². The summed E-state index contributed by atoms with van der Waals surface area (Å²) in [6, 6.07) is 9.51. The number of imide groups is 1. The van der Waals surface area contributed by atoms with Crippen LogP contribution in [0.2, 0.25) is 0 Å². The molecule has 2 aromatic heterocycles. The molecule has 4 amide bonds. The Balaban J connectivity index is 1.44. The van der Waals surface area contributed by atoms with E-state index in [1.165, 1.54) is 25.3 Å². The van der Waals surface area contributed by atoms with Crippen LogP contribution in [0.3, 0.4) is 0 Å². The van der Waals surface area contributed by atoms with Gasteiger partial charge in [-0.1, -0.05) is 23.5 Å². The van der Waals surface area contributed by atoms with Crippen molar-refractivity contribution in [1.29, 1.82) is 0 Å². The fourth-order valence-corrected chi connectivity index (χ4v) is 3.60. The molecule has 4 rings (SSSR count). The highest BCUT2D eigenvalue weighted by atomic mass is 32.1. The molecule has 1 aliphatic rings. The Kier molecular flexibility index (Phi) is 5.02. The largest absolute Gasteiger partial charge is 0.311 e. The minimum Gasteiger partial charge on any atom is -0.311 e. The number of nitrogens with zero attached hydrogens (tertiary/aromatic N) is 4. The number of benzene rings is 1. The molecule has 0 saturated heterocycles. The summed E-state index contributed by atoms with van der Waals surface area (Å²) in [4.78, 5) is 53.5. The standard InChI is InChI=1S/C19H14N6O4S/c1-10(26)21-14-8-11(6-7-20-14)16(27)22-19-24-23-15(30-19)9-25-17(28)12-4-2-3-5-13(12)18(25)29/h2-8H,9H2,1H3,(H,20,21,26)(H,22,24,27). The summed E-state index contributed by atoms with van der Waals surface area (Å²) in [5.74, 6) is -1.30. The van der Waals surface area contributed by atoms with Crippen molar-refractivity contribution < 1.29 is 19.2 Å². The molecule has 11 heteroatoms. The van der Waals surface area contributed by atoms with Gasteiger partial charge in [0.1, 0.15) is 10.8 Å². The minimum absolute atomic E-state index is 0.0399. The van der Waals surface area contributed by atoms with Crippen molar-refractivity contribution >= 4 is 45.9 Å². The van der Waals surface area contributed by atoms with Gasteiger partial charge in [0.2, 0.25) is 11.0 Å². The average molecular weight is 422 g/mol. The van der Waals surface area contributed by atoms with Crippen LogP contribution < -0.4 is 10.6 Å². The lowest BCUT2D eigenvalue weighted by Crippen LogP contribution is -2.29. The highest BCUT2D eigenvalue weighted by molar-refractivity contribution is 7.15.